The second-order valence-electron chi connectivity index (χ2n) is 7.50. The lowest BCUT2D eigenvalue weighted by Gasteiger charge is -2.36. The lowest BCUT2D eigenvalue weighted by molar-refractivity contribution is -0.146. The number of aromatic nitrogens is 1. The van der Waals surface area contributed by atoms with Gasteiger partial charge in [0.2, 0.25) is 5.78 Å². The van der Waals surface area contributed by atoms with Gasteiger partial charge in [-0.2, -0.15) is 0 Å². The Bertz CT molecular complexity index is 1100. The Morgan fingerprint density at radius 3 is 2.67 bits per heavy atom. The molecule has 1 aromatic heterocycles. The van der Waals surface area contributed by atoms with E-state index in [1.807, 2.05) is 0 Å². The minimum atomic E-state index is -0.861. The summed E-state index contributed by atoms with van der Waals surface area (Å²) in [6.45, 7) is 0.390. The zero-order valence-electron chi connectivity index (χ0n) is 16.1. The van der Waals surface area contributed by atoms with Crippen molar-refractivity contribution in [1.82, 2.24) is 9.88 Å². The van der Waals surface area contributed by atoms with E-state index in [9.17, 15) is 19.1 Å². The van der Waals surface area contributed by atoms with Crippen LogP contribution in [0.5, 0.6) is 0 Å². The molecule has 0 radical (unpaired) electrons. The zero-order valence-corrected chi connectivity index (χ0v) is 16.8. The van der Waals surface area contributed by atoms with Crippen molar-refractivity contribution in [2.24, 2.45) is 0 Å². The summed E-state index contributed by atoms with van der Waals surface area (Å²) < 4.78 is 13.8. The molecule has 1 saturated heterocycles. The van der Waals surface area contributed by atoms with E-state index in [0.717, 1.165) is 5.56 Å². The number of nitrogens with zero attached hydrogens (tertiary/aromatic N) is 2. The highest BCUT2D eigenvalue weighted by Gasteiger charge is 2.34. The average Bonchev–Trinajstić information content (AvgIpc) is 2.74. The molecule has 5 nitrogen and oxygen atoms in total. The van der Waals surface area contributed by atoms with Gasteiger partial charge in [-0.15, -0.1) is 0 Å². The molecule has 1 fully saturated rings. The molecule has 2 aromatic carbocycles. The number of ketones is 1. The maximum atomic E-state index is 13.8. The molecule has 1 N–H and O–H groups in total. The number of amides is 1. The van der Waals surface area contributed by atoms with Crippen molar-refractivity contribution in [2.45, 2.75) is 24.9 Å². The Kier molecular flexibility index (Phi) is 5.79. The second kappa shape index (κ2) is 8.50. The number of likely N-dealkylation sites (tertiary alicyclic amines) is 1. The summed E-state index contributed by atoms with van der Waals surface area (Å²) in [7, 11) is 0. The summed E-state index contributed by atoms with van der Waals surface area (Å²) in [6, 6.07) is 12.9. The van der Waals surface area contributed by atoms with Gasteiger partial charge >= 0.3 is 0 Å². The van der Waals surface area contributed by atoms with Crippen LogP contribution in [0.4, 0.5) is 4.39 Å². The zero-order chi connectivity index (χ0) is 21.3. The average molecular weight is 427 g/mol. The van der Waals surface area contributed by atoms with E-state index in [2.05, 4.69) is 4.98 Å². The van der Waals surface area contributed by atoms with E-state index in [0.29, 0.717) is 34.5 Å². The van der Waals surface area contributed by atoms with E-state index < -0.39 is 17.8 Å². The van der Waals surface area contributed by atoms with Crippen LogP contribution in [0.1, 0.15) is 23.5 Å². The molecule has 4 rings (SSSR count). The third-order valence-electron chi connectivity index (χ3n) is 5.52. The summed E-state index contributed by atoms with van der Waals surface area (Å²) in [5, 5.41) is 12.0. The fourth-order valence-electron chi connectivity index (χ4n) is 3.98. The number of Topliss-reactive ketones (excluding diaryl/α,β-unsaturated/α-hetero) is 1. The Hall–Kier alpha value is -2.83. The highest BCUT2D eigenvalue weighted by Crippen LogP contribution is 2.33. The van der Waals surface area contributed by atoms with Gasteiger partial charge in [0.15, 0.2) is 0 Å². The summed E-state index contributed by atoms with van der Waals surface area (Å²) in [6.07, 6.45) is 1.23. The van der Waals surface area contributed by atoms with E-state index >= 15 is 0 Å². The Morgan fingerprint density at radius 2 is 1.93 bits per heavy atom. The molecule has 1 aliphatic rings. The van der Waals surface area contributed by atoms with Crippen LogP contribution in [0.15, 0.2) is 54.7 Å². The predicted octanol–water partition coefficient (Wildman–Crippen LogP) is 3.52. The molecule has 3 aromatic rings. The van der Waals surface area contributed by atoms with Crippen LogP contribution in [0, 0.1) is 5.82 Å². The van der Waals surface area contributed by atoms with E-state index in [4.69, 9.17) is 11.6 Å². The molecule has 0 saturated carbocycles. The molecule has 0 unspecified atom stereocenters. The number of pyridine rings is 1. The molecule has 1 aliphatic heterocycles. The molecular formula is C23H20ClFN2O3. The lowest BCUT2D eigenvalue weighted by atomic mass is 9.85. The molecule has 0 aliphatic carbocycles. The fraction of sp³-hybridized carbons (Fsp3) is 0.261. The fourth-order valence-corrected chi connectivity index (χ4v) is 4.11. The minimum absolute atomic E-state index is 0.0136. The number of rotatable bonds is 4. The van der Waals surface area contributed by atoms with Crippen LogP contribution in [0.3, 0.4) is 0 Å². The van der Waals surface area contributed by atoms with Crippen LogP contribution in [-0.2, 0) is 16.0 Å². The van der Waals surface area contributed by atoms with Crippen molar-refractivity contribution in [3.8, 4) is 0 Å². The third-order valence-corrected chi connectivity index (χ3v) is 5.77. The van der Waals surface area contributed by atoms with Crippen molar-refractivity contribution >= 4 is 34.2 Å². The first-order valence-electron chi connectivity index (χ1n) is 9.71. The van der Waals surface area contributed by atoms with Crippen molar-refractivity contribution < 1.29 is 19.1 Å². The normalized spacial score (nSPS) is 19.1. The number of aliphatic hydroxyl groups is 1. The molecule has 0 spiro atoms. The smallest absolute Gasteiger partial charge is 0.290 e. The number of halogens is 2. The topological polar surface area (TPSA) is 70.5 Å². The van der Waals surface area contributed by atoms with Gasteiger partial charge in [-0.25, -0.2) is 4.39 Å². The summed E-state index contributed by atoms with van der Waals surface area (Å²) in [5.41, 5.74) is 2.16. The monoisotopic (exact) mass is 426 g/mol. The van der Waals surface area contributed by atoms with Crippen LogP contribution >= 0.6 is 11.6 Å². The van der Waals surface area contributed by atoms with E-state index in [1.54, 1.807) is 42.6 Å². The standard InChI is InChI=1S/C23H20ClFN2O3/c24-15-3-1-14(2-4-15)11-21(28)23(30)27-10-8-18(22(29)13-27)17-7-9-26-20-6-5-16(25)12-19(17)20/h1-7,9,12,18,22,29H,8,10-11,13H2/t18-,22-/m1/s1. The lowest BCUT2D eigenvalue weighted by Crippen LogP contribution is -2.48. The van der Waals surface area contributed by atoms with E-state index in [1.165, 1.54) is 17.0 Å². The molecule has 2 heterocycles. The van der Waals surface area contributed by atoms with Crippen LogP contribution in [0.2, 0.25) is 5.02 Å². The van der Waals surface area contributed by atoms with Gasteiger partial charge in [0, 0.05) is 42.0 Å². The Morgan fingerprint density at radius 1 is 1.17 bits per heavy atom. The number of β-amino-alcohol motifs (C(OH)–C–C–N with tert-alkyl or cyclic N) is 1. The number of fused-ring (bicyclic) bond motifs is 1. The van der Waals surface area contributed by atoms with Gasteiger partial charge in [-0.1, -0.05) is 23.7 Å². The van der Waals surface area contributed by atoms with Crippen LogP contribution < -0.4 is 0 Å². The highest BCUT2D eigenvalue weighted by atomic mass is 35.5. The van der Waals surface area contributed by atoms with Crippen molar-refractivity contribution in [3.63, 3.8) is 0 Å². The van der Waals surface area contributed by atoms with Crippen molar-refractivity contribution in [1.29, 1.82) is 0 Å². The SMILES string of the molecule is O=C(Cc1ccc(Cl)cc1)C(=O)N1CC[C@H](c2ccnc3ccc(F)cc23)[C@H](O)C1. The number of benzene rings is 2. The molecule has 30 heavy (non-hydrogen) atoms. The van der Waals surface area contributed by atoms with Gasteiger partial charge in [-0.05, 0) is 53.9 Å². The molecule has 0 bridgehead atoms. The number of hydrogen-bond donors (Lipinski definition) is 1. The molecule has 2 atom stereocenters. The van der Waals surface area contributed by atoms with Crippen LogP contribution in [0.25, 0.3) is 10.9 Å². The number of piperidine rings is 1. The second-order valence-corrected chi connectivity index (χ2v) is 7.94. The maximum absolute atomic E-state index is 13.8. The van der Waals surface area contributed by atoms with Crippen LogP contribution in [-0.4, -0.2) is 45.9 Å². The highest BCUT2D eigenvalue weighted by molar-refractivity contribution is 6.36. The molecule has 154 valence electrons. The van der Waals surface area contributed by atoms with Gasteiger partial charge < -0.3 is 10.0 Å². The predicted molar refractivity (Wildman–Crippen MR) is 112 cm³/mol. The van der Waals surface area contributed by atoms with Gasteiger partial charge in [0.05, 0.1) is 11.6 Å². The third kappa shape index (κ3) is 4.20. The van der Waals surface area contributed by atoms with Crippen molar-refractivity contribution in [2.75, 3.05) is 13.1 Å². The number of carbonyl (C=O) groups excluding carboxylic acids is 2. The molecular weight excluding hydrogens is 407 g/mol. The summed E-state index contributed by atoms with van der Waals surface area (Å²) >= 11 is 5.85. The van der Waals surface area contributed by atoms with Gasteiger partial charge in [0.1, 0.15) is 5.82 Å². The first kappa shape index (κ1) is 20.4. The quantitative estimate of drug-likeness (QED) is 0.648. The molecule has 1 amide bonds. The number of carbonyl (C=O) groups is 2. The first-order valence-corrected chi connectivity index (χ1v) is 10.1. The first-order chi connectivity index (χ1) is 14.4. The van der Waals surface area contributed by atoms with Crippen molar-refractivity contribution in [3.05, 3.63) is 76.7 Å². The summed E-state index contributed by atoms with van der Waals surface area (Å²) in [5.74, 6) is -1.77. The number of aliphatic hydroxyl groups excluding tert-OH is 1. The van der Waals surface area contributed by atoms with Gasteiger partial charge in [-0.3, -0.25) is 14.6 Å². The number of hydrogen-bond acceptors (Lipinski definition) is 4. The van der Waals surface area contributed by atoms with E-state index in [-0.39, 0.29) is 24.7 Å². The Balaban J connectivity index is 1.46. The largest absolute Gasteiger partial charge is 0.391 e. The van der Waals surface area contributed by atoms with Gasteiger partial charge in [0.25, 0.3) is 5.91 Å². The minimum Gasteiger partial charge on any atom is -0.391 e. The Labute approximate surface area is 178 Å². The molecule has 7 heteroatoms. The summed E-state index contributed by atoms with van der Waals surface area (Å²) in [4.78, 5) is 30.6. The maximum Gasteiger partial charge on any atom is 0.290 e.